The van der Waals surface area contributed by atoms with Crippen LogP contribution >= 0.6 is 12.4 Å². The van der Waals surface area contributed by atoms with Gasteiger partial charge in [-0.1, -0.05) is 0 Å². The van der Waals surface area contributed by atoms with Gasteiger partial charge in [0, 0.05) is 32.2 Å². The molecule has 5 nitrogen and oxygen atoms in total. The Kier molecular flexibility index (Phi) is 6.21. The maximum Gasteiger partial charge on any atom is 0.282 e. The second-order valence-electron chi connectivity index (χ2n) is 4.25. The van der Waals surface area contributed by atoms with Crippen LogP contribution in [0.3, 0.4) is 0 Å². The molecule has 1 rings (SSSR count). The summed E-state index contributed by atoms with van der Waals surface area (Å²) in [5.41, 5.74) is 0. The van der Waals surface area contributed by atoms with E-state index in [1.165, 1.54) is 4.31 Å². The van der Waals surface area contributed by atoms with Crippen molar-refractivity contribution in [3.8, 4) is 0 Å². The zero-order valence-electron chi connectivity index (χ0n) is 10.3. The smallest absolute Gasteiger partial charge is 0.282 e. The van der Waals surface area contributed by atoms with Gasteiger partial charge in [-0.15, -0.1) is 12.4 Å². The minimum atomic E-state index is -3.25. The van der Waals surface area contributed by atoms with Crippen LogP contribution in [0.25, 0.3) is 0 Å². The fraction of sp³-hybridized carbons (Fsp3) is 1.00. The van der Waals surface area contributed by atoms with E-state index in [4.69, 9.17) is 0 Å². The summed E-state index contributed by atoms with van der Waals surface area (Å²) >= 11 is 0. The lowest BCUT2D eigenvalue weighted by Gasteiger charge is -2.26. The van der Waals surface area contributed by atoms with Crippen molar-refractivity contribution in [2.24, 2.45) is 0 Å². The maximum atomic E-state index is 12.1. The summed E-state index contributed by atoms with van der Waals surface area (Å²) < 4.78 is 27.1. The van der Waals surface area contributed by atoms with Crippen LogP contribution < -0.4 is 5.32 Å². The molecule has 16 heavy (non-hydrogen) atoms. The van der Waals surface area contributed by atoms with Crippen LogP contribution in [0, 0.1) is 0 Å². The van der Waals surface area contributed by atoms with Crippen molar-refractivity contribution in [3.05, 3.63) is 0 Å². The Morgan fingerprint density at radius 2 is 2.00 bits per heavy atom. The quantitative estimate of drug-likeness (QED) is 0.800. The summed E-state index contributed by atoms with van der Waals surface area (Å²) in [4.78, 5) is 0. The molecule has 1 aliphatic heterocycles. The molecule has 0 aliphatic carbocycles. The van der Waals surface area contributed by atoms with Crippen LogP contribution in [0.1, 0.15) is 20.3 Å². The van der Waals surface area contributed by atoms with Gasteiger partial charge in [0.25, 0.3) is 10.2 Å². The first kappa shape index (κ1) is 16.1. The predicted octanol–water partition coefficient (Wildman–Crippen LogP) is 0.287. The molecule has 1 N–H and O–H groups in total. The first-order valence-electron chi connectivity index (χ1n) is 5.30. The lowest BCUT2D eigenvalue weighted by molar-refractivity contribution is 0.356. The van der Waals surface area contributed by atoms with E-state index in [9.17, 15) is 8.42 Å². The van der Waals surface area contributed by atoms with E-state index < -0.39 is 10.2 Å². The Hall–Kier alpha value is 0.120. The van der Waals surface area contributed by atoms with E-state index >= 15 is 0 Å². The highest BCUT2D eigenvalue weighted by Gasteiger charge is 2.34. The average molecular weight is 272 g/mol. The van der Waals surface area contributed by atoms with Crippen LogP contribution in [-0.2, 0) is 10.2 Å². The van der Waals surface area contributed by atoms with Gasteiger partial charge in [0.15, 0.2) is 0 Å². The summed E-state index contributed by atoms with van der Waals surface area (Å²) in [6.45, 7) is 4.95. The molecular weight excluding hydrogens is 250 g/mol. The Morgan fingerprint density at radius 3 is 2.38 bits per heavy atom. The number of halogens is 1. The van der Waals surface area contributed by atoms with Gasteiger partial charge in [-0.2, -0.15) is 17.0 Å². The summed E-state index contributed by atoms with van der Waals surface area (Å²) in [6.07, 6.45) is 0.891. The summed E-state index contributed by atoms with van der Waals surface area (Å²) in [7, 11) is 0.245. The van der Waals surface area contributed by atoms with Crippen LogP contribution in [0.15, 0.2) is 0 Å². The first-order valence-corrected chi connectivity index (χ1v) is 6.69. The molecule has 0 aromatic rings. The fourth-order valence-corrected chi connectivity index (χ4v) is 3.22. The van der Waals surface area contributed by atoms with Crippen LogP contribution in [0.4, 0.5) is 0 Å². The summed E-state index contributed by atoms with van der Waals surface area (Å²) in [5.74, 6) is 0. The monoisotopic (exact) mass is 271 g/mol. The Labute approximate surface area is 105 Å². The highest BCUT2D eigenvalue weighted by Crippen LogP contribution is 2.17. The van der Waals surface area contributed by atoms with Gasteiger partial charge in [0.05, 0.1) is 0 Å². The molecule has 1 aliphatic rings. The van der Waals surface area contributed by atoms with Gasteiger partial charge in [0.1, 0.15) is 0 Å². The molecular formula is C9H22ClN3O2S. The van der Waals surface area contributed by atoms with Gasteiger partial charge in [-0.05, 0) is 27.3 Å². The van der Waals surface area contributed by atoms with E-state index in [0.717, 1.165) is 6.42 Å². The third kappa shape index (κ3) is 3.30. The minimum absolute atomic E-state index is 0. The van der Waals surface area contributed by atoms with E-state index in [0.29, 0.717) is 19.1 Å². The SMILES string of the molecule is CNC1CCN(S(=O)(=O)N(C)C(C)C)C1.Cl. The van der Waals surface area contributed by atoms with Crippen molar-refractivity contribution in [3.63, 3.8) is 0 Å². The van der Waals surface area contributed by atoms with Crippen molar-refractivity contribution in [2.45, 2.75) is 32.4 Å². The second kappa shape index (κ2) is 6.16. The molecule has 0 spiro atoms. The predicted molar refractivity (Wildman–Crippen MR) is 68.1 cm³/mol. The van der Waals surface area contributed by atoms with Crippen molar-refractivity contribution < 1.29 is 8.42 Å². The Morgan fingerprint density at radius 1 is 1.44 bits per heavy atom. The number of hydrogen-bond acceptors (Lipinski definition) is 3. The van der Waals surface area contributed by atoms with Gasteiger partial charge in [0.2, 0.25) is 0 Å². The van der Waals surface area contributed by atoms with E-state index in [1.54, 1.807) is 11.4 Å². The number of nitrogens with zero attached hydrogens (tertiary/aromatic N) is 2. The third-order valence-electron chi connectivity index (χ3n) is 2.98. The van der Waals surface area contributed by atoms with Gasteiger partial charge < -0.3 is 5.32 Å². The molecule has 7 heteroatoms. The lowest BCUT2D eigenvalue weighted by Crippen LogP contribution is -2.44. The van der Waals surface area contributed by atoms with E-state index in [2.05, 4.69) is 5.32 Å². The summed E-state index contributed by atoms with van der Waals surface area (Å²) in [5, 5.41) is 3.11. The zero-order chi connectivity index (χ0) is 11.6. The fourth-order valence-electron chi connectivity index (χ4n) is 1.62. The highest BCUT2D eigenvalue weighted by molar-refractivity contribution is 7.86. The van der Waals surface area contributed by atoms with E-state index in [-0.39, 0.29) is 18.4 Å². The van der Waals surface area contributed by atoms with Crippen LogP contribution in [-0.4, -0.2) is 56.3 Å². The largest absolute Gasteiger partial charge is 0.316 e. The lowest BCUT2D eigenvalue weighted by atomic mass is 10.3. The number of rotatable bonds is 4. The van der Waals surface area contributed by atoms with Crippen molar-refractivity contribution in [1.82, 2.24) is 13.9 Å². The molecule has 0 amide bonds. The molecule has 0 aromatic heterocycles. The molecule has 0 saturated carbocycles. The van der Waals surface area contributed by atoms with Crippen molar-refractivity contribution in [2.75, 3.05) is 27.2 Å². The van der Waals surface area contributed by atoms with Crippen molar-refractivity contribution >= 4 is 22.6 Å². The number of hydrogen-bond donors (Lipinski definition) is 1. The van der Waals surface area contributed by atoms with Crippen LogP contribution in [0.2, 0.25) is 0 Å². The standard InChI is InChI=1S/C9H21N3O2S.ClH/c1-8(2)11(4)15(13,14)12-6-5-9(7-12)10-3;/h8-10H,5-7H2,1-4H3;1H. The van der Waals surface area contributed by atoms with Gasteiger partial charge >= 0.3 is 0 Å². The molecule has 1 unspecified atom stereocenters. The van der Waals surface area contributed by atoms with Gasteiger partial charge in [-0.3, -0.25) is 0 Å². The minimum Gasteiger partial charge on any atom is -0.316 e. The average Bonchev–Trinajstić information content (AvgIpc) is 2.65. The zero-order valence-corrected chi connectivity index (χ0v) is 11.9. The number of nitrogens with one attached hydrogen (secondary N) is 1. The Balaban J connectivity index is 0.00000225. The first-order chi connectivity index (χ1) is 6.89. The highest BCUT2D eigenvalue weighted by atomic mass is 35.5. The number of likely N-dealkylation sites (N-methyl/N-ethyl adjacent to an activating group) is 1. The van der Waals surface area contributed by atoms with Gasteiger partial charge in [-0.25, -0.2) is 0 Å². The molecule has 0 bridgehead atoms. The molecule has 1 atom stereocenters. The van der Waals surface area contributed by atoms with Crippen molar-refractivity contribution in [1.29, 1.82) is 0 Å². The molecule has 98 valence electrons. The maximum absolute atomic E-state index is 12.1. The molecule has 0 radical (unpaired) electrons. The normalized spacial score (nSPS) is 22.8. The molecule has 0 aromatic carbocycles. The van der Waals surface area contributed by atoms with E-state index in [1.807, 2.05) is 20.9 Å². The molecule has 1 fully saturated rings. The third-order valence-corrected chi connectivity index (χ3v) is 5.11. The topological polar surface area (TPSA) is 52.7 Å². The summed E-state index contributed by atoms with van der Waals surface area (Å²) in [6, 6.07) is 0.295. The molecule has 1 heterocycles. The second-order valence-corrected chi connectivity index (χ2v) is 6.24. The van der Waals surface area contributed by atoms with Crippen LogP contribution in [0.5, 0.6) is 0 Å². The Bertz CT molecular complexity index is 308. The molecule has 1 saturated heterocycles.